The quantitative estimate of drug-likeness (QED) is 0.319. The Morgan fingerprint density at radius 3 is 2.12 bits per heavy atom. The van der Waals surface area contributed by atoms with Gasteiger partial charge in [0.05, 0.1) is 11.1 Å². The van der Waals surface area contributed by atoms with Gasteiger partial charge in [0.1, 0.15) is 46.5 Å². The van der Waals surface area contributed by atoms with E-state index in [-0.39, 0.29) is 23.5 Å². The van der Waals surface area contributed by atoms with E-state index in [2.05, 4.69) is 15.0 Å². The standard InChI is InChI=1S/C22H11B3F7N3O5/c23-21(24,25)40-17-6-10(39-22(30,31)32)1-2-15(17)38-16-8-12(20(27,28)29)13(26)7-11(16)19(37)35-9-3-4-34-14(5-9)18(33)36/h1-8H,(H2,33,36)(H,34,35,37). The van der Waals surface area contributed by atoms with Gasteiger partial charge in [-0.2, -0.15) is 13.2 Å². The molecule has 40 heavy (non-hydrogen) atoms. The minimum absolute atomic E-state index is 0.114. The number of alkyl halides is 6. The molecule has 0 spiro atoms. The number of aromatic nitrogens is 1. The molecule has 0 fully saturated rings. The number of hydrogen-bond donors (Lipinski definition) is 2. The van der Waals surface area contributed by atoms with E-state index in [1.807, 2.05) is 0 Å². The fraction of sp³-hybridized carbons (Fsp3) is 0.136. The monoisotopic (exact) mass is 563 g/mol. The molecular weight excluding hydrogens is 552 g/mol. The highest BCUT2D eigenvalue weighted by Crippen LogP contribution is 2.41. The van der Waals surface area contributed by atoms with Crippen LogP contribution in [0.3, 0.4) is 0 Å². The molecule has 0 saturated carbocycles. The molecule has 0 saturated heterocycles. The van der Waals surface area contributed by atoms with E-state index in [0.717, 1.165) is 18.3 Å². The Labute approximate surface area is 224 Å². The first-order valence-corrected chi connectivity index (χ1v) is 10.4. The van der Waals surface area contributed by atoms with E-state index in [4.69, 9.17) is 38.7 Å². The number of nitrogens with zero attached hydrogens (tertiary/aromatic N) is 1. The molecule has 18 heteroatoms. The molecule has 0 aliphatic rings. The van der Waals surface area contributed by atoms with Crippen molar-refractivity contribution in [3.63, 3.8) is 0 Å². The van der Waals surface area contributed by atoms with E-state index in [0.29, 0.717) is 12.1 Å². The van der Waals surface area contributed by atoms with Gasteiger partial charge >= 0.3 is 12.5 Å². The van der Waals surface area contributed by atoms with Crippen LogP contribution in [0.1, 0.15) is 26.4 Å². The largest absolute Gasteiger partial charge is 0.573 e. The van der Waals surface area contributed by atoms with Crippen molar-refractivity contribution in [3.05, 3.63) is 71.3 Å². The van der Waals surface area contributed by atoms with Crippen LogP contribution >= 0.6 is 0 Å². The highest BCUT2D eigenvalue weighted by atomic mass is 19.4. The van der Waals surface area contributed by atoms with Crippen LogP contribution in [-0.4, -0.2) is 52.0 Å². The van der Waals surface area contributed by atoms with Crippen molar-refractivity contribution in [1.29, 1.82) is 0 Å². The molecule has 1 heterocycles. The summed E-state index contributed by atoms with van der Waals surface area (Å²) >= 11 is 0. The molecule has 3 N–H and O–H groups in total. The van der Waals surface area contributed by atoms with E-state index in [9.17, 15) is 40.3 Å². The minimum Gasteiger partial charge on any atom is -0.512 e. The fourth-order valence-corrected chi connectivity index (χ4v) is 3.03. The zero-order valence-electron chi connectivity index (χ0n) is 19.6. The van der Waals surface area contributed by atoms with Gasteiger partial charge < -0.3 is 25.3 Å². The number of benzene rings is 2. The summed E-state index contributed by atoms with van der Waals surface area (Å²) in [4.78, 5) is 27.9. The molecule has 0 atom stereocenters. The molecule has 0 unspecified atom stereocenters. The molecule has 0 bridgehead atoms. The number of rotatable bonds is 8. The third-order valence-corrected chi connectivity index (χ3v) is 4.54. The lowest BCUT2D eigenvalue weighted by Crippen LogP contribution is -2.37. The molecular formula is C22H11B3F7N3O5. The Kier molecular flexibility index (Phi) is 8.31. The summed E-state index contributed by atoms with van der Waals surface area (Å²) in [5.74, 6) is -7.34. The number of ether oxygens (including phenoxy) is 3. The third-order valence-electron chi connectivity index (χ3n) is 4.54. The Hall–Kier alpha value is -4.37. The van der Waals surface area contributed by atoms with Crippen LogP contribution in [0.25, 0.3) is 0 Å². The van der Waals surface area contributed by atoms with Crippen LogP contribution in [-0.2, 0) is 6.18 Å². The third kappa shape index (κ3) is 8.07. The first kappa shape index (κ1) is 30.2. The zero-order valence-corrected chi connectivity index (χ0v) is 19.6. The summed E-state index contributed by atoms with van der Waals surface area (Å²) in [6, 6.07) is 4.48. The molecule has 2 aromatic carbocycles. The van der Waals surface area contributed by atoms with Gasteiger partial charge in [-0.3, -0.25) is 14.6 Å². The first-order valence-electron chi connectivity index (χ1n) is 10.4. The van der Waals surface area contributed by atoms with Crippen LogP contribution in [0.4, 0.5) is 36.4 Å². The maximum Gasteiger partial charge on any atom is 0.573 e. The molecule has 202 valence electrons. The SMILES string of the molecule is [B]C([B])([B])Oc1cc(OC(F)(F)F)ccc1Oc1cc(C(F)(F)F)c(F)cc1C(=O)Nc1ccnc(C(N)=O)c1. The van der Waals surface area contributed by atoms with Crippen molar-refractivity contribution in [2.75, 3.05) is 5.32 Å². The van der Waals surface area contributed by atoms with Crippen LogP contribution in [0, 0.1) is 5.82 Å². The lowest BCUT2D eigenvalue weighted by atomic mass is 9.52. The maximum atomic E-state index is 14.4. The summed E-state index contributed by atoms with van der Waals surface area (Å²) in [7, 11) is 16.0. The zero-order chi connectivity index (χ0) is 30.0. The number of amides is 2. The van der Waals surface area contributed by atoms with Gasteiger partial charge in [-0.05, 0) is 41.7 Å². The molecule has 1 aromatic heterocycles. The molecule has 2 amide bonds. The van der Waals surface area contributed by atoms with Crippen LogP contribution in [0.2, 0.25) is 0 Å². The highest BCUT2D eigenvalue weighted by Gasteiger charge is 2.36. The van der Waals surface area contributed by atoms with Gasteiger partial charge in [-0.15, -0.1) is 13.2 Å². The van der Waals surface area contributed by atoms with Crippen LogP contribution < -0.4 is 25.3 Å². The number of pyridine rings is 1. The van der Waals surface area contributed by atoms with E-state index in [1.54, 1.807) is 0 Å². The summed E-state index contributed by atoms with van der Waals surface area (Å²) in [5.41, 5.74) is 2.03. The van der Waals surface area contributed by atoms with Crippen molar-refractivity contribution >= 4 is 41.0 Å². The lowest BCUT2D eigenvalue weighted by Gasteiger charge is -2.25. The number of carbonyl (C=O) groups excluding carboxylic acids is 2. The predicted octanol–water partition coefficient (Wildman–Crippen LogP) is 3.78. The number of carbonyl (C=O) groups is 2. The Morgan fingerprint density at radius 2 is 1.55 bits per heavy atom. The molecule has 3 aromatic rings. The van der Waals surface area contributed by atoms with Crippen molar-refractivity contribution in [1.82, 2.24) is 4.98 Å². The maximum absolute atomic E-state index is 14.4. The van der Waals surface area contributed by atoms with Gasteiger partial charge in [0.15, 0.2) is 11.5 Å². The van der Waals surface area contributed by atoms with Gasteiger partial charge in [0, 0.05) is 18.0 Å². The van der Waals surface area contributed by atoms with Gasteiger partial charge in [0.25, 0.3) is 11.8 Å². The Bertz CT molecular complexity index is 1450. The number of nitrogens with one attached hydrogen (secondary N) is 1. The average molecular weight is 563 g/mol. The van der Waals surface area contributed by atoms with E-state index >= 15 is 0 Å². The number of halogens is 7. The van der Waals surface area contributed by atoms with Crippen molar-refractivity contribution in [3.8, 4) is 23.0 Å². The van der Waals surface area contributed by atoms with Crippen molar-refractivity contribution < 1.29 is 54.5 Å². The number of anilines is 1. The van der Waals surface area contributed by atoms with Gasteiger partial charge in [-0.1, -0.05) is 0 Å². The smallest absolute Gasteiger partial charge is 0.512 e. The normalized spacial score (nSPS) is 12.0. The second-order valence-corrected chi connectivity index (χ2v) is 7.79. The van der Waals surface area contributed by atoms with Gasteiger partial charge in [0.2, 0.25) is 0 Å². The Morgan fingerprint density at radius 1 is 0.875 bits per heavy atom. The summed E-state index contributed by atoms with van der Waals surface area (Å²) in [6.07, 6.45) is -9.34. The van der Waals surface area contributed by atoms with Crippen LogP contribution in [0.5, 0.6) is 23.0 Å². The molecule has 6 radical (unpaired) electrons. The topological polar surface area (TPSA) is 113 Å². The average Bonchev–Trinajstić information content (AvgIpc) is 2.78. The number of hydrogen-bond acceptors (Lipinski definition) is 6. The van der Waals surface area contributed by atoms with Crippen molar-refractivity contribution in [2.24, 2.45) is 5.73 Å². The van der Waals surface area contributed by atoms with E-state index < -0.39 is 69.6 Å². The predicted molar refractivity (Wildman–Crippen MR) is 126 cm³/mol. The highest BCUT2D eigenvalue weighted by molar-refractivity contribution is 6.58. The molecule has 0 aliphatic carbocycles. The fourth-order valence-electron chi connectivity index (χ4n) is 3.03. The molecule has 0 aliphatic heterocycles. The lowest BCUT2D eigenvalue weighted by molar-refractivity contribution is -0.274. The van der Waals surface area contributed by atoms with Gasteiger partial charge in [-0.25, -0.2) is 4.39 Å². The number of primary amides is 1. The summed E-state index contributed by atoms with van der Waals surface area (Å²) in [5, 5.41) is -0.331. The second kappa shape index (κ2) is 11.0. The molecule has 3 rings (SSSR count). The molecule has 8 nitrogen and oxygen atoms in total. The first-order chi connectivity index (χ1) is 18.3. The summed E-state index contributed by atoms with van der Waals surface area (Å²) < 4.78 is 107. The van der Waals surface area contributed by atoms with Crippen molar-refractivity contribution in [2.45, 2.75) is 17.8 Å². The summed E-state index contributed by atoms with van der Waals surface area (Å²) in [6.45, 7) is 0. The van der Waals surface area contributed by atoms with Crippen LogP contribution in [0.15, 0.2) is 48.7 Å². The number of nitrogens with two attached hydrogens (primary N) is 1. The second-order valence-electron chi connectivity index (χ2n) is 7.79. The van der Waals surface area contributed by atoms with E-state index in [1.165, 1.54) is 6.07 Å². The minimum atomic E-state index is -5.26. The Balaban J connectivity index is 2.11.